The molecule has 2 aromatic rings. The number of benzene rings is 2. The van der Waals surface area contributed by atoms with Gasteiger partial charge in [0.1, 0.15) is 0 Å². The molecule has 4 rings (SSSR count). The van der Waals surface area contributed by atoms with Gasteiger partial charge >= 0.3 is 0 Å². The summed E-state index contributed by atoms with van der Waals surface area (Å²) in [5.74, 6) is -1.42. The highest BCUT2D eigenvalue weighted by atomic mass is 16.3. The van der Waals surface area contributed by atoms with E-state index in [0.717, 1.165) is 5.56 Å². The van der Waals surface area contributed by atoms with Crippen molar-refractivity contribution in [3.8, 4) is 0 Å². The Kier molecular flexibility index (Phi) is 7.83. The first-order valence-corrected chi connectivity index (χ1v) is 12.1. The number of hydrogen-bond donors (Lipinski definition) is 4. The van der Waals surface area contributed by atoms with Crippen molar-refractivity contribution in [3.63, 3.8) is 0 Å². The molecule has 0 bridgehead atoms. The lowest BCUT2D eigenvalue weighted by Gasteiger charge is -2.30. The Morgan fingerprint density at radius 3 is 2.72 bits per heavy atom. The van der Waals surface area contributed by atoms with E-state index in [1.54, 1.807) is 47.1 Å². The van der Waals surface area contributed by atoms with E-state index in [9.17, 15) is 24.6 Å². The van der Waals surface area contributed by atoms with E-state index in [2.05, 4.69) is 10.6 Å². The molecule has 2 aliphatic heterocycles. The van der Waals surface area contributed by atoms with Crippen molar-refractivity contribution in [1.82, 2.24) is 10.2 Å². The van der Waals surface area contributed by atoms with E-state index in [4.69, 9.17) is 0 Å². The topological polar surface area (TPSA) is 122 Å². The number of nitrogens with zero attached hydrogens (tertiary/aromatic N) is 2. The highest BCUT2D eigenvalue weighted by molar-refractivity contribution is 6.06. The maximum absolute atomic E-state index is 12.9. The number of carbonyl (C=O) groups is 3. The van der Waals surface area contributed by atoms with Gasteiger partial charge in [-0.2, -0.15) is 0 Å². The standard InChI is InChI=1S/C27H32N4O5/c1-19(6-5-9-24(33)30(14-15-32)18-20-7-3-2-4-8-20)27(36)22-16-21(10-11-23(22)29-26(27)35)31-13-12-28-17-25(31)34/h2-8,10-11,16,19,28,32,36H,9,12-15,17-18H2,1H3,(H,29,35)/b6-5+/t19-,27+/m1/s1. The van der Waals surface area contributed by atoms with E-state index in [1.807, 2.05) is 30.3 Å². The largest absolute Gasteiger partial charge is 0.395 e. The maximum atomic E-state index is 12.9. The van der Waals surface area contributed by atoms with Crippen LogP contribution in [0.3, 0.4) is 0 Å². The van der Waals surface area contributed by atoms with Crippen LogP contribution in [-0.4, -0.2) is 65.6 Å². The van der Waals surface area contributed by atoms with Crippen LogP contribution in [0.25, 0.3) is 0 Å². The van der Waals surface area contributed by atoms with E-state index in [1.165, 1.54) is 0 Å². The summed E-state index contributed by atoms with van der Waals surface area (Å²) < 4.78 is 0. The maximum Gasteiger partial charge on any atom is 0.261 e. The van der Waals surface area contributed by atoms with Crippen molar-refractivity contribution >= 4 is 29.1 Å². The van der Waals surface area contributed by atoms with E-state index in [-0.39, 0.29) is 37.9 Å². The normalized spacial score (nSPS) is 20.4. The lowest BCUT2D eigenvalue weighted by molar-refractivity contribution is -0.137. The third-order valence-electron chi connectivity index (χ3n) is 6.72. The van der Waals surface area contributed by atoms with Crippen LogP contribution in [0.4, 0.5) is 11.4 Å². The molecule has 0 aliphatic carbocycles. The molecule has 2 heterocycles. The van der Waals surface area contributed by atoms with Gasteiger partial charge in [-0.25, -0.2) is 0 Å². The second-order valence-electron chi connectivity index (χ2n) is 9.12. The zero-order chi connectivity index (χ0) is 25.7. The molecule has 190 valence electrons. The minimum Gasteiger partial charge on any atom is -0.395 e. The molecule has 2 aromatic carbocycles. The third-order valence-corrected chi connectivity index (χ3v) is 6.72. The van der Waals surface area contributed by atoms with Gasteiger partial charge in [0.05, 0.1) is 13.2 Å². The summed E-state index contributed by atoms with van der Waals surface area (Å²) in [5, 5.41) is 26.7. The molecule has 2 aliphatic rings. The Morgan fingerprint density at radius 1 is 1.22 bits per heavy atom. The first-order chi connectivity index (χ1) is 17.3. The Hall–Kier alpha value is -3.53. The number of rotatable bonds is 9. The molecule has 0 aromatic heterocycles. The molecule has 3 amide bonds. The summed E-state index contributed by atoms with van der Waals surface area (Å²) in [4.78, 5) is 41.2. The number of anilines is 2. The molecule has 0 spiro atoms. The van der Waals surface area contributed by atoms with Crippen molar-refractivity contribution in [1.29, 1.82) is 0 Å². The van der Waals surface area contributed by atoms with Crippen LogP contribution in [0.5, 0.6) is 0 Å². The number of nitrogens with one attached hydrogen (secondary N) is 2. The number of aliphatic hydroxyl groups excluding tert-OH is 1. The summed E-state index contributed by atoms with van der Waals surface area (Å²) in [7, 11) is 0. The summed E-state index contributed by atoms with van der Waals surface area (Å²) in [6.07, 6.45) is 3.38. The van der Waals surface area contributed by atoms with Crippen LogP contribution in [0, 0.1) is 5.92 Å². The molecule has 0 unspecified atom stereocenters. The molecule has 4 N–H and O–H groups in total. The number of fused-ring (bicyclic) bond motifs is 1. The average Bonchev–Trinajstić information content (AvgIpc) is 3.14. The van der Waals surface area contributed by atoms with Crippen LogP contribution < -0.4 is 15.5 Å². The van der Waals surface area contributed by atoms with E-state index >= 15 is 0 Å². The Bertz CT molecular complexity index is 1150. The van der Waals surface area contributed by atoms with Gasteiger partial charge in [-0.05, 0) is 23.8 Å². The fourth-order valence-electron chi connectivity index (χ4n) is 4.65. The summed E-state index contributed by atoms with van der Waals surface area (Å²) in [5.41, 5.74) is 0.663. The molecular formula is C27H32N4O5. The lowest BCUT2D eigenvalue weighted by Crippen LogP contribution is -2.48. The highest BCUT2D eigenvalue weighted by Crippen LogP contribution is 2.43. The van der Waals surface area contributed by atoms with Crippen molar-refractivity contribution in [2.75, 3.05) is 43.0 Å². The first kappa shape index (κ1) is 25.6. The Labute approximate surface area is 210 Å². The summed E-state index contributed by atoms with van der Waals surface area (Å²) in [6, 6.07) is 14.7. The van der Waals surface area contributed by atoms with Crippen LogP contribution in [0.2, 0.25) is 0 Å². The molecule has 36 heavy (non-hydrogen) atoms. The molecular weight excluding hydrogens is 460 g/mol. The number of amides is 3. The van der Waals surface area contributed by atoms with Crippen LogP contribution in [0.1, 0.15) is 24.5 Å². The number of aliphatic hydroxyl groups is 2. The molecule has 1 fully saturated rings. The monoisotopic (exact) mass is 492 g/mol. The highest BCUT2D eigenvalue weighted by Gasteiger charge is 2.49. The third kappa shape index (κ3) is 5.18. The number of hydrogen-bond acceptors (Lipinski definition) is 6. The molecule has 9 heteroatoms. The van der Waals surface area contributed by atoms with Gasteiger partial charge in [0.15, 0.2) is 5.60 Å². The van der Waals surface area contributed by atoms with E-state index < -0.39 is 17.4 Å². The molecule has 1 saturated heterocycles. The van der Waals surface area contributed by atoms with E-state index in [0.29, 0.717) is 36.6 Å². The fourth-order valence-corrected chi connectivity index (χ4v) is 4.65. The van der Waals surface area contributed by atoms with Crippen LogP contribution in [-0.2, 0) is 26.5 Å². The predicted molar refractivity (Wildman–Crippen MR) is 136 cm³/mol. The SMILES string of the molecule is C[C@H](/C=C/CC(=O)N(CCO)Cc1ccccc1)[C@@]1(O)C(=O)Nc2ccc(N3CCNCC3=O)cc21. The van der Waals surface area contributed by atoms with Gasteiger partial charge in [0, 0.05) is 55.5 Å². The minimum absolute atomic E-state index is 0.0665. The van der Waals surface area contributed by atoms with Crippen LogP contribution >= 0.6 is 0 Å². The average molecular weight is 493 g/mol. The quantitative estimate of drug-likeness (QED) is 0.392. The number of carbonyl (C=O) groups excluding carboxylic acids is 3. The Morgan fingerprint density at radius 2 is 2.00 bits per heavy atom. The van der Waals surface area contributed by atoms with Crippen molar-refractivity contribution < 1.29 is 24.6 Å². The van der Waals surface area contributed by atoms with Gasteiger partial charge in [-0.15, -0.1) is 0 Å². The van der Waals surface area contributed by atoms with Crippen molar-refractivity contribution in [2.45, 2.75) is 25.5 Å². The lowest BCUT2D eigenvalue weighted by atomic mass is 9.82. The Balaban J connectivity index is 1.48. The number of piperazine rings is 1. The van der Waals surface area contributed by atoms with Crippen molar-refractivity contribution in [3.05, 3.63) is 71.8 Å². The second kappa shape index (κ2) is 11.0. The second-order valence-corrected chi connectivity index (χ2v) is 9.12. The summed E-state index contributed by atoms with van der Waals surface area (Å²) >= 11 is 0. The molecule has 0 saturated carbocycles. The molecule has 0 radical (unpaired) electrons. The minimum atomic E-state index is -1.84. The predicted octanol–water partition coefficient (Wildman–Crippen LogP) is 1.37. The van der Waals surface area contributed by atoms with Gasteiger partial charge in [0.2, 0.25) is 11.8 Å². The smallest absolute Gasteiger partial charge is 0.261 e. The zero-order valence-electron chi connectivity index (χ0n) is 20.3. The zero-order valence-corrected chi connectivity index (χ0v) is 20.3. The first-order valence-electron chi connectivity index (χ1n) is 12.1. The van der Waals surface area contributed by atoms with Crippen molar-refractivity contribution in [2.24, 2.45) is 5.92 Å². The van der Waals surface area contributed by atoms with Gasteiger partial charge in [0.25, 0.3) is 5.91 Å². The molecule has 9 nitrogen and oxygen atoms in total. The summed E-state index contributed by atoms with van der Waals surface area (Å²) in [6.45, 7) is 3.57. The van der Waals surface area contributed by atoms with Gasteiger partial charge < -0.3 is 30.6 Å². The van der Waals surface area contributed by atoms with Crippen LogP contribution in [0.15, 0.2) is 60.7 Å². The molecule has 2 atom stereocenters. The van der Waals surface area contributed by atoms with Gasteiger partial charge in [-0.1, -0.05) is 49.4 Å². The fraction of sp³-hybridized carbons (Fsp3) is 0.370. The van der Waals surface area contributed by atoms with Gasteiger partial charge in [-0.3, -0.25) is 14.4 Å².